The van der Waals surface area contributed by atoms with Crippen LogP contribution in [0.1, 0.15) is 20.3 Å². The summed E-state index contributed by atoms with van der Waals surface area (Å²) in [5.74, 6) is 0. The highest BCUT2D eigenvalue weighted by molar-refractivity contribution is 4.68. The molecule has 0 spiro atoms. The third-order valence-electron chi connectivity index (χ3n) is 1.48. The van der Waals surface area contributed by atoms with E-state index in [0.29, 0.717) is 6.54 Å². The monoisotopic (exact) mass is 161 g/mol. The summed E-state index contributed by atoms with van der Waals surface area (Å²) in [5, 5.41) is 0. The zero-order chi connectivity index (χ0) is 8.74. The molecule has 0 aromatic rings. The van der Waals surface area contributed by atoms with Crippen molar-refractivity contribution in [3.8, 4) is 0 Å². The molecule has 0 amide bonds. The number of hydrogen-bond acceptors (Lipinski definition) is 3. The van der Waals surface area contributed by atoms with E-state index in [1.54, 1.807) is 7.11 Å². The number of ether oxygens (including phenoxy) is 2. The van der Waals surface area contributed by atoms with Gasteiger partial charge in [0.25, 0.3) is 0 Å². The Balaban J connectivity index is 3.23. The Morgan fingerprint density at radius 2 is 1.91 bits per heavy atom. The van der Waals surface area contributed by atoms with Gasteiger partial charge in [-0.05, 0) is 20.3 Å². The van der Waals surface area contributed by atoms with E-state index in [0.717, 1.165) is 19.6 Å². The van der Waals surface area contributed by atoms with Crippen molar-refractivity contribution in [1.82, 2.24) is 0 Å². The third kappa shape index (κ3) is 6.28. The first-order valence-electron chi connectivity index (χ1n) is 3.95. The molecule has 0 aromatic carbocycles. The molecular formula is C8H19NO2. The maximum atomic E-state index is 5.48. The van der Waals surface area contributed by atoms with Gasteiger partial charge in [0.05, 0.1) is 5.60 Å². The molecule has 0 radical (unpaired) electrons. The summed E-state index contributed by atoms with van der Waals surface area (Å²) < 4.78 is 10.4. The highest BCUT2D eigenvalue weighted by Gasteiger charge is 2.14. The predicted octanol–water partition coefficient (Wildman–Crippen LogP) is 0.777. The molecule has 0 rings (SSSR count). The average Bonchev–Trinajstić information content (AvgIpc) is 1.99. The number of nitrogens with two attached hydrogens (primary N) is 1. The molecule has 3 nitrogen and oxygen atoms in total. The third-order valence-corrected chi connectivity index (χ3v) is 1.48. The second kappa shape index (κ2) is 5.52. The summed E-state index contributed by atoms with van der Waals surface area (Å²) >= 11 is 0. The van der Waals surface area contributed by atoms with Gasteiger partial charge >= 0.3 is 0 Å². The second-order valence-corrected chi connectivity index (χ2v) is 3.16. The summed E-state index contributed by atoms with van der Waals surface area (Å²) in [6.45, 7) is 6.00. The van der Waals surface area contributed by atoms with Gasteiger partial charge < -0.3 is 15.2 Å². The smallest absolute Gasteiger partial charge is 0.0748 e. The van der Waals surface area contributed by atoms with Crippen LogP contribution in [0.5, 0.6) is 0 Å². The molecule has 68 valence electrons. The lowest BCUT2D eigenvalue weighted by Crippen LogP contribution is -2.34. The fourth-order valence-corrected chi connectivity index (χ4v) is 0.611. The van der Waals surface area contributed by atoms with E-state index in [1.165, 1.54) is 0 Å². The van der Waals surface area contributed by atoms with Crippen molar-refractivity contribution in [3.63, 3.8) is 0 Å². The van der Waals surface area contributed by atoms with E-state index in [2.05, 4.69) is 0 Å². The Bertz CT molecular complexity index is 94.1. The van der Waals surface area contributed by atoms with Gasteiger partial charge in [0.15, 0.2) is 0 Å². The summed E-state index contributed by atoms with van der Waals surface area (Å²) in [5.41, 5.74) is 5.28. The molecule has 0 unspecified atom stereocenters. The minimum Gasteiger partial charge on any atom is -0.385 e. The molecule has 0 aromatic heterocycles. The Hall–Kier alpha value is -0.120. The van der Waals surface area contributed by atoms with E-state index < -0.39 is 0 Å². The first kappa shape index (κ1) is 10.9. The Labute approximate surface area is 68.9 Å². The van der Waals surface area contributed by atoms with Gasteiger partial charge in [-0.1, -0.05) is 0 Å². The van der Waals surface area contributed by atoms with Crippen LogP contribution in [-0.4, -0.2) is 32.5 Å². The van der Waals surface area contributed by atoms with Gasteiger partial charge in [-0.2, -0.15) is 0 Å². The van der Waals surface area contributed by atoms with Crippen LogP contribution >= 0.6 is 0 Å². The van der Waals surface area contributed by atoms with Gasteiger partial charge in [0.1, 0.15) is 0 Å². The summed E-state index contributed by atoms with van der Waals surface area (Å²) in [6, 6.07) is 0. The summed E-state index contributed by atoms with van der Waals surface area (Å²) in [4.78, 5) is 0. The number of rotatable bonds is 6. The highest BCUT2D eigenvalue weighted by atomic mass is 16.5. The van der Waals surface area contributed by atoms with Gasteiger partial charge in [-0.15, -0.1) is 0 Å². The van der Waals surface area contributed by atoms with Crippen molar-refractivity contribution >= 4 is 0 Å². The minimum absolute atomic E-state index is 0.187. The van der Waals surface area contributed by atoms with Crippen LogP contribution in [0.4, 0.5) is 0 Å². The van der Waals surface area contributed by atoms with Crippen molar-refractivity contribution in [3.05, 3.63) is 0 Å². The SMILES string of the molecule is COCCCOC(C)(C)CN. The Morgan fingerprint density at radius 3 is 2.36 bits per heavy atom. The molecule has 0 aliphatic rings. The highest BCUT2D eigenvalue weighted by Crippen LogP contribution is 2.06. The molecule has 11 heavy (non-hydrogen) atoms. The minimum atomic E-state index is -0.187. The zero-order valence-electron chi connectivity index (χ0n) is 7.72. The van der Waals surface area contributed by atoms with Crippen LogP contribution in [0.25, 0.3) is 0 Å². The molecule has 0 atom stereocenters. The van der Waals surface area contributed by atoms with Crippen LogP contribution < -0.4 is 5.73 Å². The van der Waals surface area contributed by atoms with E-state index in [4.69, 9.17) is 15.2 Å². The first-order chi connectivity index (χ1) is 5.12. The molecule has 2 N–H and O–H groups in total. The molecular weight excluding hydrogens is 142 g/mol. The Morgan fingerprint density at radius 1 is 1.27 bits per heavy atom. The van der Waals surface area contributed by atoms with E-state index in [1.807, 2.05) is 13.8 Å². The van der Waals surface area contributed by atoms with Crippen molar-refractivity contribution in [2.24, 2.45) is 5.73 Å². The van der Waals surface area contributed by atoms with Gasteiger partial charge in [0, 0.05) is 26.9 Å². The Kier molecular flexibility index (Phi) is 5.46. The largest absolute Gasteiger partial charge is 0.385 e. The van der Waals surface area contributed by atoms with Crippen molar-refractivity contribution in [2.45, 2.75) is 25.9 Å². The van der Waals surface area contributed by atoms with Gasteiger partial charge in [-0.3, -0.25) is 0 Å². The molecule has 0 aliphatic heterocycles. The zero-order valence-corrected chi connectivity index (χ0v) is 7.72. The fraction of sp³-hybridized carbons (Fsp3) is 1.00. The molecule has 0 fully saturated rings. The first-order valence-corrected chi connectivity index (χ1v) is 3.95. The number of methoxy groups -OCH3 is 1. The summed E-state index contributed by atoms with van der Waals surface area (Å²) in [7, 11) is 1.69. The van der Waals surface area contributed by atoms with E-state index in [-0.39, 0.29) is 5.60 Å². The van der Waals surface area contributed by atoms with Gasteiger partial charge in [0.2, 0.25) is 0 Å². The van der Waals surface area contributed by atoms with Crippen LogP contribution in [0.2, 0.25) is 0 Å². The topological polar surface area (TPSA) is 44.5 Å². The predicted molar refractivity (Wildman–Crippen MR) is 45.6 cm³/mol. The normalized spacial score (nSPS) is 12.0. The van der Waals surface area contributed by atoms with E-state index in [9.17, 15) is 0 Å². The standard InChI is InChI=1S/C8H19NO2/c1-8(2,7-9)11-6-4-5-10-3/h4-7,9H2,1-3H3. The van der Waals surface area contributed by atoms with E-state index >= 15 is 0 Å². The molecule has 0 aliphatic carbocycles. The molecule has 3 heteroatoms. The maximum absolute atomic E-state index is 5.48. The fourth-order valence-electron chi connectivity index (χ4n) is 0.611. The molecule has 0 heterocycles. The van der Waals surface area contributed by atoms with Crippen molar-refractivity contribution < 1.29 is 9.47 Å². The lowest BCUT2D eigenvalue weighted by molar-refractivity contribution is -0.0179. The maximum Gasteiger partial charge on any atom is 0.0748 e. The van der Waals surface area contributed by atoms with Crippen LogP contribution in [0.15, 0.2) is 0 Å². The molecule has 0 bridgehead atoms. The molecule has 0 saturated heterocycles. The lowest BCUT2D eigenvalue weighted by atomic mass is 10.1. The van der Waals surface area contributed by atoms with Crippen molar-refractivity contribution in [2.75, 3.05) is 26.9 Å². The van der Waals surface area contributed by atoms with Gasteiger partial charge in [-0.25, -0.2) is 0 Å². The second-order valence-electron chi connectivity index (χ2n) is 3.16. The summed E-state index contributed by atoms with van der Waals surface area (Å²) in [6.07, 6.45) is 0.930. The lowest BCUT2D eigenvalue weighted by Gasteiger charge is -2.22. The quantitative estimate of drug-likeness (QED) is 0.585. The number of hydrogen-bond donors (Lipinski definition) is 1. The van der Waals surface area contributed by atoms with Crippen LogP contribution in [-0.2, 0) is 9.47 Å². The van der Waals surface area contributed by atoms with Crippen molar-refractivity contribution in [1.29, 1.82) is 0 Å². The van der Waals surface area contributed by atoms with Crippen LogP contribution in [0.3, 0.4) is 0 Å². The molecule has 0 saturated carbocycles. The average molecular weight is 161 g/mol. The van der Waals surface area contributed by atoms with Crippen LogP contribution in [0, 0.1) is 0 Å².